The number of aliphatic hydroxyl groups excluding tert-OH is 1. The minimum absolute atomic E-state index is 0.113. The molecule has 1 N–H and O–H groups in total. The molecule has 0 heterocycles. The molecule has 84 valence electrons. The Kier molecular flexibility index (Phi) is 4.48. The summed E-state index contributed by atoms with van der Waals surface area (Å²) in [6, 6.07) is 4.14. The highest BCUT2D eigenvalue weighted by Gasteiger charge is 2.16. The highest BCUT2D eigenvalue weighted by atomic mass is 32.2. The van der Waals surface area contributed by atoms with Gasteiger partial charge >= 0.3 is 0 Å². The Bertz CT molecular complexity index is 337. The van der Waals surface area contributed by atoms with E-state index < -0.39 is 0 Å². The maximum atomic E-state index is 9.25. The number of rotatable bonds is 4. The van der Waals surface area contributed by atoms with Crippen LogP contribution in [0.4, 0.5) is 0 Å². The van der Waals surface area contributed by atoms with E-state index in [9.17, 15) is 5.11 Å². The van der Waals surface area contributed by atoms with E-state index in [0.29, 0.717) is 0 Å². The second kappa shape index (κ2) is 5.42. The Balaban J connectivity index is 3.33. The number of hydrogen-bond donors (Lipinski definition) is 1. The van der Waals surface area contributed by atoms with Crippen LogP contribution >= 0.6 is 11.8 Å². The van der Waals surface area contributed by atoms with Crippen LogP contribution in [0.25, 0.3) is 0 Å². The largest absolute Gasteiger partial charge is 0.496 e. The minimum atomic E-state index is 0.113. The monoisotopic (exact) mass is 226 g/mol. The van der Waals surface area contributed by atoms with Gasteiger partial charge in [0.1, 0.15) is 5.75 Å². The van der Waals surface area contributed by atoms with Gasteiger partial charge in [0, 0.05) is 23.0 Å². The Morgan fingerprint density at radius 3 is 2.60 bits per heavy atom. The molecular weight excluding hydrogens is 208 g/mol. The molecule has 3 heteroatoms. The number of methoxy groups -OCH3 is 1. The van der Waals surface area contributed by atoms with Crippen LogP contribution in [0.15, 0.2) is 17.0 Å². The van der Waals surface area contributed by atoms with Crippen molar-refractivity contribution in [1.29, 1.82) is 0 Å². The summed E-state index contributed by atoms with van der Waals surface area (Å²) in [4.78, 5) is 1.18. The van der Waals surface area contributed by atoms with Crippen molar-refractivity contribution < 1.29 is 9.84 Å². The van der Waals surface area contributed by atoms with Gasteiger partial charge in [-0.05, 0) is 24.8 Å². The predicted molar refractivity (Wildman–Crippen MR) is 65.0 cm³/mol. The third-order valence-electron chi connectivity index (χ3n) is 2.54. The lowest BCUT2D eigenvalue weighted by Gasteiger charge is -2.19. The van der Waals surface area contributed by atoms with Gasteiger partial charge in [0.25, 0.3) is 0 Å². The fourth-order valence-corrected chi connectivity index (χ4v) is 2.42. The van der Waals surface area contributed by atoms with E-state index in [-0.39, 0.29) is 12.5 Å². The molecule has 0 amide bonds. The summed E-state index contributed by atoms with van der Waals surface area (Å²) in [6.45, 7) is 4.18. The number of benzene rings is 1. The number of thioether (sulfide) groups is 1. The molecule has 0 saturated carbocycles. The molecule has 1 rings (SSSR count). The van der Waals surface area contributed by atoms with Crippen LogP contribution in [-0.4, -0.2) is 25.1 Å². The van der Waals surface area contributed by atoms with Crippen LogP contribution in [0, 0.1) is 6.92 Å². The maximum absolute atomic E-state index is 9.25. The first-order valence-electron chi connectivity index (χ1n) is 4.98. The second-order valence-electron chi connectivity index (χ2n) is 3.62. The van der Waals surface area contributed by atoms with E-state index in [1.165, 1.54) is 4.90 Å². The highest BCUT2D eigenvalue weighted by Crippen LogP contribution is 2.37. The van der Waals surface area contributed by atoms with Crippen molar-refractivity contribution in [1.82, 2.24) is 0 Å². The van der Waals surface area contributed by atoms with E-state index in [1.807, 2.05) is 20.1 Å². The molecule has 2 nitrogen and oxygen atoms in total. The molecule has 15 heavy (non-hydrogen) atoms. The molecule has 0 fully saturated rings. The van der Waals surface area contributed by atoms with Crippen molar-refractivity contribution in [3.63, 3.8) is 0 Å². The fourth-order valence-electron chi connectivity index (χ4n) is 1.70. The van der Waals surface area contributed by atoms with E-state index >= 15 is 0 Å². The van der Waals surface area contributed by atoms with E-state index in [0.717, 1.165) is 16.9 Å². The van der Waals surface area contributed by atoms with Crippen LogP contribution in [0.3, 0.4) is 0 Å². The van der Waals surface area contributed by atoms with Crippen LogP contribution in [0.1, 0.15) is 24.0 Å². The smallest absolute Gasteiger partial charge is 0.126 e. The third-order valence-corrected chi connectivity index (χ3v) is 3.34. The fraction of sp³-hybridized carbons (Fsp3) is 0.500. The van der Waals surface area contributed by atoms with E-state index in [4.69, 9.17) is 4.74 Å². The van der Waals surface area contributed by atoms with Gasteiger partial charge in [0.05, 0.1) is 7.11 Å². The minimum Gasteiger partial charge on any atom is -0.496 e. The summed E-state index contributed by atoms with van der Waals surface area (Å²) >= 11 is 1.69. The average Bonchev–Trinajstić information content (AvgIpc) is 2.27. The van der Waals surface area contributed by atoms with E-state index in [1.54, 1.807) is 18.9 Å². The van der Waals surface area contributed by atoms with Gasteiger partial charge in [-0.1, -0.05) is 13.0 Å². The molecule has 0 radical (unpaired) electrons. The molecule has 0 aromatic heterocycles. The zero-order valence-electron chi connectivity index (χ0n) is 9.70. The Labute approximate surface area is 95.7 Å². The zero-order valence-corrected chi connectivity index (χ0v) is 10.5. The lowest BCUT2D eigenvalue weighted by Crippen LogP contribution is -2.05. The second-order valence-corrected chi connectivity index (χ2v) is 4.46. The van der Waals surface area contributed by atoms with Crippen molar-refractivity contribution >= 4 is 11.8 Å². The summed E-state index contributed by atoms with van der Waals surface area (Å²) in [6.07, 6.45) is 2.04. The Morgan fingerprint density at radius 1 is 1.47 bits per heavy atom. The Morgan fingerprint density at radius 2 is 2.13 bits per heavy atom. The van der Waals surface area contributed by atoms with Crippen molar-refractivity contribution in [3.05, 3.63) is 23.3 Å². The molecule has 1 unspecified atom stereocenters. The third kappa shape index (κ3) is 2.47. The van der Waals surface area contributed by atoms with Crippen LogP contribution in [-0.2, 0) is 0 Å². The van der Waals surface area contributed by atoms with Crippen LogP contribution < -0.4 is 4.74 Å². The molecule has 0 spiro atoms. The lowest BCUT2D eigenvalue weighted by molar-refractivity contribution is 0.268. The number of aryl methyl sites for hydroxylation is 1. The van der Waals surface area contributed by atoms with Crippen LogP contribution in [0.5, 0.6) is 5.75 Å². The summed E-state index contributed by atoms with van der Waals surface area (Å²) in [5, 5.41) is 9.25. The van der Waals surface area contributed by atoms with E-state index in [2.05, 4.69) is 12.1 Å². The highest BCUT2D eigenvalue weighted by molar-refractivity contribution is 7.98. The summed E-state index contributed by atoms with van der Waals surface area (Å²) < 4.78 is 5.42. The quantitative estimate of drug-likeness (QED) is 0.801. The molecule has 0 aliphatic carbocycles. The molecule has 1 aromatic carbocycles. The van der Waals surface area contributed by atoms with Gasteiger partial charge in [-0.25, -0.2) is 0 Å². The lowest BCUT2D eigenvalue weighted by atomic mass is 9.98. The molecule has 1 aromatic rings. The summed E-state index contributed by atoms with van der Waals surface area (Å²) in [7, 11) is 1.68. The van der Waals surface area contributed by atoms with Gasteiger partial charge in [-0.2, -0.15) is 0 Å². The van der Waals surface area contributed by atoms with Crippen molar-refractivity contribution in [3.8, 4) is 5.75 Å². The number of hydrogen-bond acceptors (Lipinski definition) is 3. The van der Waals surface area contributed by atoms with Crippen LogP contribution in [0.2, 0.25) is 0 Å². The standard InChI is InChI=1S/C12H18O2S/c1-8-5-6-10(15-4)11(9(2)7-13)12(8)14-3/h5-6,9,13H,7H2,1-4H3. The Hall–Kier alpha value is -0.670. The first-order valence-corrected chi connectivity index (χ1v) is 6.20. The number of ether oxygens (including phenoxy) is 1. The summed E-state index contributed by atoms with van der Waals surface area (Å²) in [5.41, 5.74) is 2.23. The van der Waals surface area contributed by atoms with Gasteiger partial charge in [-0.15, -0.1) is 11.8 Å². The van der Waals surface area contributed by atoms with Crippen molar-refractivity contribution in [2.75, 3.05) is 20.0 Å². The molecule has 0 aliphatic rings. The van der Waals surface area contributed by atoms with Crippen molar-refractivity contribution in [2.24, 2.45) is 0 Å². The maximum Gasteiger partial charge on any atom is 0.126 e. The first kappa shape index (κ1) is 12.4. The normalized spacial score (nSPS) is 12.6. The van der Waals surface area contributed by atoms with Gasteiger partial charge < -0.3 is 9.84 Å². The zero-order chi connectivity index (χ0) is 11.4. The summed E-state index contributed by atoms with van der Waals surface area (Å²) in [5.74, 6) is 1.02. The average molecular weight is 226 g/mol. The molecular formula is C12H18O2S. The molecule has 0 aliphatic heterocycles. The molecule has 0 saturated heterocycles. The SMILES string of the molecule is COc1c(C)ccc(SC)c1C(C)CO. The number of aliphatic hydroxyl groups is 1. The van der Waals surface area contributed by atoms with Gasteiger partial charge in [-0.3, -0.25) is 0 Å². The van der Waals surface area contributed by atoms with Crippen molar-refractivity contribution in [2.45, 2.75) is 24.7 Å². The molecule has 0 bridgehead atoms. The predicted octanol–water partition coefficient (Wildman–Crippen LogP) is 2.82. The van der Waals surface area contributed by atoms with Gasteiger partial charge in [0.2, 0.25) is 0 Å². The van der Waals surface area contributed by atoms with Gasteiger partial charge in [0.15, 0.2) is 0 Å². The molecule has 1 atom stereocenters. The first-order chi connectivity index (χ1) is 7.15. The topological polar surface area (TPSA) is 29.5 Å².